The first kappa shape index (κ1) is 15.1. The molecule has 2 aliphatic heterocycles. The van der Waals surface area contributed by atoms with E-state index in [0.717, 1.165) is 11.9 Å². The number of benzene rings is 1. The SMILES string of the molecule is O=c1nc(NCc2cccc(F)c2F)cc2n1CC1COCCN21. The summed E-state index contributed by atoms with van der Waals surface area (Å²) in [6.45, 7) is 2.51. The third-order valence-corrected chi connectivity index (χ3v) is 4.40. The minimum Gasteiger partial charge on any atom is -0.377 e. The summed E-state index contributed by atoms with van der Waals surface area (Å²) in [5.41, 5.74) is -0.175. The second-order valence-corrected chi connectivity index (χ2v) is 5.88. The van der Waals surface area contributed by atoms with Crippen LogP contribution in [0.5, 0.6) is 0 Å². The summed E-state index contributed by atoms with van der Waals surface area (Å²) < 4.78 is 34.0. The maximum atomic E-state index is 13.7. The van der Waals surface area contributed by atoms with Gasteiger partial charge in [0.2, 0.25) is 0 Å². The molecule has 6 nitrogen and oxygen atoms in total. The van der Waals surface area contributed by atoms with Gasteiger partial charge in [-0.2, -0.15) is 4.98 Å². The molecule has 4 rings (SSSR count). The quantitative estimate of drug-likeness (QED) is 0.918. The zero-order valence-corrected chi connectivity index (χ0v) is 12.8. The predicted molar refractivity (Wildman–Crippen MR) is 84.1 cm³/mol. The van der Waals surface area contributed by atoms with Crippen molar-refractivity contribution in [3.05, 3.63) is 51.9 Å². The Labute approximate surface area is 136 Å². The Balaban J connectivity index is 1.58. The van der Waals surface area contributed by atoms with Crippen molar-refractivity contribution in [3.63, 3.8) is 0 Å². The van der Waals surface area contributed by atoms with Gasteiger partial charge in [-0.1, -0.05) is 12.1 Å². The molecule has 1 saturated heterocycles. The van der Waals surface area contributed by atoms with E-state index >= 15 is 0 Å². The summed E-state index contributed by atoms with van der Waals surface area (Å²) in [5.74, 6) is -0.656. The fourth-order valence-corrected chi connectivity index (χ4v) is 3.18. The Hall–Kier alpha value is -2.48. The summed E-state index contributed by atoms with van der Waals surface area (Å²) in [6.07, 6.45) is 0. The predicted octanol–water partition coefficient (Wildman–Crippen LogP) is 1.35. The van der Waals surface area contributed by atoms with Gasteiger partial charge in [0, 0.05) is 24.7 Å². The summed E-state index contributed by atoms with van der Waals surface area (Å²) >= 11 is 0. The second-order valence-electron chi connectivity index (χ2n) is 5.88. The minimum atomic E-state index is -0.896. The highest BCUT2D eigenvalue weighted by Crippen LogP contribution is 2.27. The second kappa shape index (κ2) is 5.86. The lowest BCUT2D eigenvalue weighted by molar-refractivity contribution is 0.0956. The molecule has 1 atom stereocenters. The van der Waals surface area contributed by atoms with Gasteiger partial charge in [0.15, 0.2) is 11.6 Å². The molecule has 1 aromatic heterocycles. The largest absolute Gasteiger partial charge is 0.377 e. The van der Waals surface area contributed by atoms with E-state index in [4.69, 9.17) is 4.74 Å². The Morgan fingerprint density at radius 3 is 3.12 bits per heavy atom. The van der Waals surface area contributed by atoms with Crippen LogP contribution in [-0.2, 0) is 17.8 Å². The Kier molecular flexibility index (Phi) is 3.68. The summed E-state index contributed by atoms with van der Waals surface area (Å²) in [5, 5.41) is 2.91. The molecule has 1 unspecified atom stereocenters. The first-order chi connectivity index (χ1) is 11.6. The average molecular weight is 334 g/mol. The van der Waals surface area contributed by atoms with E-state index < -0.39 is 11.6 Å². The highest BCUT2D eigenvalue weighted by Gasteiger charge is 2.33. The lowest BCUT2D eigenvalue weighted by Gasteiger charge is -2.30. The van der Waals surface area contributed by atoms with Crippen molar-refractivity contribution >= 4 is 11.6 Å². The van der Waals surface area contributed by atoms with Crippen LogP contribution in [0.25, 0.3) is 0 Å². The molecule has 1 fully saturated rings. The highest BCUT2D eigenvalue weighted by molar-refractivity contribution is 5.53. The van der Waals surface area contributed by atoms with Crippen molar-refractivity contribution in [2.24, 2.45) is 0 Å². The molecule has 0 saturated carbocycles. The van der Waals surface area contributed by atoms with Gasteiger partial charge in [-0.3, -0.25) is 4.57 Å². The van der Waals surface area contributed by atoms with Crippen LogP contribution < -0.4 is 15.9 Å². The van der Waals surface area contributed by atoms with E-state index in [0.29, 0.717) is 32.1 Å². The molecule has 1 N–H and O–H groups in total. The summed E-state index contributed by atoms with van der Waals surface area (Å²) in [7, 11) is 0. The van der Waals surface area contributed by atoms with Gasteiger partial charge in [-0.05, 0) is 6.07 Å². The van der Waals surface area contributed by atoms with Crippen LogP contribution in [-0.4, -0.2) is 35.4 Å². The van der Waals surface area contributed by atoms with Gasteiger partial charge in [0.25, 0.3) is 0 Å². The zero-order chi connectivity index (χ0) is 16.7. The van der Waals surface area contributed by atoms with Crippen molar-refractivity contribution in [2.45, 2.75) is 19.1 Å². The number of halogens is 2. The van der Waals surface area contributed by atoms with E-state index in [1.807, 2.05) is 0 Å². The van der Waals surface area contributed by atoms with Crippen molar-refractivity contribution < 1.29 is 13.5 Å². The van der Waals surface area contributed by atoms with Crippen molar-refractivity contribution in [3.8, 4) is 0 Å². The normalized spacial score (nSPS) is 19.1. The van der Waals surface area contributed by atoms with Crippen molar-refractivity contribution in [2.75, 3.05) is 30.0 Å². The van der Waals surface area contributed by atoms with Crippen LogP contribution in [0.3, 0.4) is 0 Å². The Morgan fingerprint density at radius 2 is 2.25 bits per heavy atom. The molecule has 126 valence electrons. The molecule has 0 amide bonds. The highest BCUT2D eigenvalue weighted by atomic mass is 19.2. The van der Waals surface area contributed by atoms with E-state index in [1.165, 1.54) is 12.1 Å². The molecule has 2 aliphatic rings. The van der Waals surface area contributed by atoms with Gasteiger partial charge < -0.3 is 15.0 Å². The van der Waals surface area contributed by atoms with Crippen LogP contribution in [0.1, 0.15) is 5.56 Å². The van der Waals surface area contributed by atoms with E-state index in [1.54, 1.807) is 10.6 Å². The van der Waals surface area contributed by atoms with Gasteiger partial charge in [-0.25, -0.2) is 13.6 Å². The molecule has 1 aromatic carbocycles. The number of anilines is 2. The number of hydrogen-bond donors (Lipinski definition) is 1. The van der Waals surface area contributed by atoms with E-state index in [2.05, 4.69) is 15.2 Å². The molecule has 3 heterocycles. The molecular formula is C16H16F2N4O2. The van der Waals surface area contributed by atoms with Crippen molar-refractivity contribution in [1.82, 2.24) is 9.55 Å². The third-order valence-electron chi connectivity index (χ3n) is 4.40. The van der Waals surface area contributed by atoms with Crippen LogP contribution in [0.15, 0.2) is 29.1 Å². The number of hydrogen-bond acceptors (Lipinski definition) is 5. The van der Waals surface area contributed by atoms with Crippen LogP contribution >= 0.6 is 0 Å². The fourth-order valence-electron chi connectivity index (χ4n) is 3.18. The molecule has 2 aromatic rings. The standard InChI is InChI=1S/C16H16F2N4O2/c17-12-3-1-2-10(15(12)18)7-19-13-6-14-21-4-5-24-9-11(21)8-22(14)16(23)20-13/h1-3,6,11H,4-5,7-9H2,(H,19,20,23). The van der Waals surface area contributed by atoms with Crippen molar-refractivity contribution in [1.29, 1.82) is 0 Å². The first-order valence-corrected chi connectivity index (χ1v) is 7.76. The number of nitrogens with zero attached hydrogens (tertiary/aromatic N) is 3. The molecule has 0 aliphatic carbocycles. The molecular weight excluding hydrogens is 318 g/mol. The molecule has 8 heteroatoms. The molecule has 24 heavy (non-hydrogen) atoms. The van der Waals surface area contributed by atoms with E-state index in [-0.39, 0.29) is 23.8 Å². The van der Waals surface area contributed by atoms with Crippen LogP contribution in [0.4, 0.5) is 20.4 Å². The van der Waals surface area contributed by atoms with Crippen LogP contribution in [0, 0.1) is 11.6 Å². The molecule has 0 spiro atoms. The Morgan fingerprint density at radius 1 is 1.38 bits per heavy atom. The smallest absolute Gasteiger partial charge is 0.351 e. The average Bonchev–Trinajstić information content (AvgIpc) is 2.96. The summed E-state index contributed by atoms with van der Waals surface area (Å²) in [6, 6.07) is 5.91. The molecule has 0 bridgehead atoms. The summed E-state index contributed by atoms with van der Waals surface area (Å²) in [4.78, 5) is 18.3. The third kappa shape index (κ3) is 2.52. The maximum absolute atomic E-state index is 13.7. The molecule has 0 radical (unpaired) electrons. The van der Waals surface area contributed by atoms with Gasteiger partial charge in [0.05, 0.1) is 25.8 Å². The lowest BCUT2D eigenvalue weighted by Crippen LogP contribution is -2.43. The minimum absolute atomic E-state index is 0.0476. The number of rotatable bonds is 3. The monoisotopic (exact) mass is 334 g/mol. The fraction of sp³-hybridized carbons (Fsp3) is 0.375. The topological polar surface area (TPSA) is 59.4 Å². The maximum Gasteiger partial charge on any atom is 0.351 e. The van der Waals surface area contributed by atoms with Crippen LogP contribution in [0.2, 0.25) is 0 Å². The van der Waals surface area contributed by atoms with Gasteiger partial charge in [-0.15, -0.1) is 0 Å². The first-order valence-electron chi connectivity index (χ1n) is 7.76. The zero-order valence-electron chi connectivity index (χ0n) is 12.8. The van der Waals surface area contributed by atoms with E-state index in [9.17, 15) is 13.6 Å². The number of morpholine rings is 1. The Bertz CT molecular complexity index is 839. The van der Waals surface area contributed by atoms with Gasteiger partial charge in [0.1, 0.15) is 11.6 Å². The lowest BCUT2D eigenvalue weighted by atomic mass is 10.2. The number of fused-ring (bicyclic) bond motifs is 3. The number of aromatic nitrogens is 2. The number of nitrogens with one attached hydrogen (secondary N) is 1. The van der Waals surface area contributed by atoms with Gasteiger partial charge >= 0.3 is 5.69 Å². The number of ether oxygens (including phenoxy) is 1.